The Morgan fingerprint density at radius 2 is 0.500 bits per heavy atom. The zero-order valence-electron chi connectivity index (χ0n) is 41.5. The van der Waals surface area contributed by atoms with E-state index in [4.69, 9.17) is 29.9 Å². The van der Waals surface area contributed by atoms with Crippen LogP contribution >= 0.6 is 0 Å². The lowest BCUT2D eigenvalue weighted by Gasteiger charge is -2.48. The first kappa shape index (κ1) is 41.9. The van der Waals surface area contributed by atoms with Gasteiger partial charge < -0.3 is 9.97 Å². The van der Waals surface area contributed by atoms with Crippen LogP contribution in [-0.4, -0.2) is 39.9 Å². The number of hydrogen-bond donors (Lipinski definition) is 2. The summed E-state index contributed by atoms with van der Waals surface area (Å²) in [7, 11) is 0. The fourth-order valence-electron chi connectivity index (χ4n) is 13.1. The summed E-state index contributed by atoms with van der Waals surface area (Å²) < 4.78 is 0. The highest BCUT2D eigenvalue weighted by atomic mass is 15.1. The summed E-state index contributed by atoms with van der Waals surface area (Å²) in [6.45, 7) is 27.7. The normalized spacial score (nSPS) is 24.2. The Labute approximate surface area is 400 Å². The second-order valence-corrected chi connectivity index (χ2v) is 24.9. The zero-order valence-corrected chi connectivity index (χ0v) is 41.5. The Balaban J connectivity index is 1.03. The molecule has 0 radical (unpaired) electrons. The van der Waals surface area contributed by atoms with Crippen molar-refractivity contribution in [1.82, 2.24) is 39.9 Å². The van der Waals surface area contributed by atoms with Gasteiger partial charge in [-0.3, -0.25) is 0 Å². The van der Waals surface area contributed by atoms with E-state index in [0.29, 0.717) is 0 Å². The molecule has 0 saturated heterocycles. The van der Waals surface area contributed by atoms with Gasteiger partial charge >= 0.3 is 0 Å². The van der Waals surface area contributed by atoms with Gasteiger partial charge in [0.25, 0.3) is 0 Å². The summed E-state index contributed by atoms with van der Waals surface area (Å²) in [5.74, 6) is 3.54. The first-order chi connectivity index (χ1) is 32.2. The van der Waals surface area contributed by atoms with E-state index in [-0.39, 0.29) is 69.0 Å². The monoisotopic (exact) mass is 895 g/mol. The molecule has 5 heterocycles. The minimum Gasteiger partial charge on any atom is -0.325 e. The van der Waals surface area contributed by atoms with E-state index in [9.17, 15) is 0 Å². The van der Waals surface area contributed by atoms with Crippen LogP contribution in [0.2, 0.25) is 0 Å². The average Bonchev–Trinajstić information content (AvgIpc) is 4.08. The summed E-state index contributed by atoms with van der Waals surface area (Å²) >= 11 is 0. The summed E-state index contributed by atoms with van der Waals surface area (Å²) in [5.41, 5.74) is 19.5. The van der Waals surface area contributed by atoms with Crippen molar-refractivity contribution in [3.05, 3.63) is 187 Å². The van der Waals surface area contributed by atoms with E-state index in [2.05, 4.69) is 190 Å². The van der Waals surface area contributed by atoms with Crippen molar-refractivity contribution in [3.8, 4) is 0 Å². The fourth-order valence-corrected chi connectivity index (χ4v) is 13.1. The van der Waals surface area contributed by atoms with Crippen LogP contribution in [0, 0.1) is 0 Å². The molecule has 2 N–H and O–H groups in total. The third-order valence-electron chi connectivity index (χ3n) is 16.6. The van der Waals surface area contributed by atoms with Gasteiger partial charge in [-0.2, -0.15) is 0 Å². The molecule has 68 heavy (non-hydrogen) atoms. The van der Waals surface area contributed by atoms with Crippen LogP contribution in [0.5, 0.6) is 0 Å². The summed E-state index contributed by atoms with van der Waals surface area (Å²) in [4.78, 5) is 40.0. The van der Waals surface area contributed by atoms with Crippen LogP contribution in [0.1, 0.15) is 220 Å². The highest BCUT2D eigenvalue weighted by molar-refractivity contribution is 5.66. The van der Waals surface area contributed by atoms with Crippen molar-refractivity contribution >= 4 is 22.6 Å². The Morgan fingerprint density at radius 3 is 0.706 bits per heavy atom. The number of aromatic amines is 2. The number of nitrogens with one attached hydrogen (secondary N) is 2. The average molecular weight is 895 g/mol. The van der Waals surface area contributed by atoms with Crippen LogP contribution in [-0.2, 0) is 21.7 Å². The molecule has 8 atom stereocenters. The van der Waals surface area contributed by atoms with Gasteiger partial charge in [0.1, 0.15) is 45.9 Å². The van der Waals surface area contributed by atoms with Crippen molar-refractivity contribution in [2.45, 2.75) is 152 Å². The van der Waals surface area contributed by atoms with Crippen molar-refractivity contribution in [2.24, 2.45) is 0 Å². The second-order valence-electron chi connectivity index (χ2n) is 24.9. The molecule has 0 fully saturated rings. The molecular formula is C60H62N8. The van der Waals surface area contributed by atoms with E-state index in [1.165, 1.54) is 66.8 Å². The molecule has 12 bridgehead atoms. The maximum atomic E-state index is 5.47. The van der Waals surface area contributed by atoms with Crippen LogP contribution in [0.4, 0.5) is 0 Å². The van der Waals surface area contributed by atoms with E-state index >= 15 is 0 Å². The predicted octanol–water partition coefficient (Wildman–Crippen LogP) is 13.4. The molecule has 8 nitrogen and oxygen atoms in total. The molecule has 2 aliphatic heterocycles. The third kappa shape index (κ3) is 6.10. The Hall–Kier alpha value is -6.28. The number of H-pyrrole nitrogens is 2. The van der Waals surface area contributed by atoms with Gasteiger partial charge in [-0.15, -0.1) is 0 Å². The van der Waals surface area contributed by atoms with E-state index in [0.717, 1.165) is 45.9 Å². The van der Waals surface area contributed by atoms with E-state index < -0.39 is 0 Å². The summed E-state index contributed by atoms with van der Waals surface area (Å²) in [6, 6.07) is 37.2. The molecule has 8 heteroatoms. The zero-order chi connectivity index (χ0) is 47.1. The maximum Gasteiger partial charge on any atom is 0.137 e. The van der Waals surface area contributed by atoms with Gasteiger partial charge in [0.05, 0.1) is 0 Å². The van der Waals surface area contributed by atoms with Crippen molar-refractivity contribution in [3.63, 3.8) is 0 Å². The quantitative estimate of drug-likeness (QED) is 0.157. The van der Waals surface area contributed by atoms with Gasteiger partial charge in [-0.05, 0) is 113 Å². The van der Waals surface area contributed by atoms with Gasteiger partial charge in [0.2, 0.25) is 0 Å². The molecule has 0 amide bonds. The molecule has 342 valence electrons. The fraction of sp³-hybridized carbons (Fsp3) is 0.400. The van der Waals surface area contributed by atoms with Crippen molar-refractivity contribution in [2.75, 3.05) is 0 Å². The number of nitrogens with zero attached hydrogens (tertiary/aromatic N) is 6. The van der Waals surface area contributed by atoms with Gasteiger partial charge in [-0.1, -0.05) is 156 Å². The molecule has 0 spiro atoms. The lowest BCUT2D eigenvalue weighted by molar-refractivity contribution is 0.389. The molecule has 0 saturated carbocycles. The standard InChI is InChI=1S/C60H62N8/c1-57(2,3)29-13-17-33-37(25-29)45-34-18-14-30(58(4,5)6)26-38(34)46(33)50-49(45)53-63-41-21-22-43(61-41)65-55-51-47-35-19-15-32(60(10,11)12)28-40(35)48(36-20-16-31(27-39(36)47)59(7,8)9)52(51)56(68-55)66-44-24-23-42(62-44)64-54(50)67-53/h13-28,45-52H,1-12H3,(H2,61,62,63,64,65,66,67,68). The van der Waals surface area contributed by atoms with Gasteiger partial charge in [0, 0.05) is 47.3 Å². The third-order valence-corrected chi connectivity index (χ3v) is 16.6. The number of benzene rings is 4. The van der Waals surface area contributed by atoms with Crippen LogP contribution in [0.15, 0.2) is 97.1 Å². The lowest BCUT2D eigenvalue weighted by atomic mass is 9.54. The topological polar surface area (TPSA) is 109 Å². The van der Waals surface area contributed by atoms with Crippen LogP contribution < -0.4 is 0 Å². The first-order valence-electron chi connectivity index (χ1n) is 24.9. The Kier molecular flexibility index (Phi) is 8.44. The second kappa shape index (κ2) is 13.7. The van der Waals surface area contributed by atoms with Crippen molar-refractivity contribution < 1.29 is 0 Å². The molecule has 3 aromatic heterocycles. The molecular weight excluding hydrogens is 833 g/mol. The molecule has 8 unspecified atom stereocenters. The number of aromatic nitrogens is 8. The Bertz CT molecular complexity index is 3020. The number of fused-ring (bicyclic) bond motifs is 8. The largest absolute Gasteiger partial charge is 0.325 e. The van der Waals surface area contributed by atoms with Gasteiger partial charge in [0.15, 0.2) is 0 Å². The minimum absolute atomic E-state index is 0.000590. The smallest absolute Gasteiger partial charge is 0.137 e. The number of hydrogen-bond acceptors (Lipinski definition) is 6. The van der Waals surface area contributed by atoms with Crippen LogP contribution in [0.3, 0.4) is 0 Å². The highest BCUT2D eigenvalue weighted by Crippen LogP contribution is 2.67. The highest BCUT2D eigenvalue weighted by Gasteiger charge is 2.57. The maximum absolute atomic E-state index is 5.47. The summed E-state index contributed by atoms with van der Waals surface area (Å²) in [6.07, 6.45) is 0. The molecule has 7 aromatic rings. The van der Waals surface area contributed by atoms with E-state index in [1.54, 1.807) is 0 Å². The summed E-state index contributed by atoms with van der Waals surface area (Å²) in [5, 5.41) is 0. The molecule has 8 aliphatic rings. The van der Waals surface area contributed by atoms with Crippen molar-refractivity contribution in [1.29, 1.82) is 0 Å². The Morgan fingerprint density at radius 1 is 0.279 bits per heavy atom. The number of rotatable bonds is 0. The SMILES string of the molecule is CC(C)(C)c1ccc2c(c1)C1c3ccc(C(C)(C)C)cc3C2C2c3nc(nc4ccc(nc5nc(nc6ccc(n3)[nH]6)C3C6c7ccc(C(C)(C)C)cc7C(c7ccc(C(C)(C)C)cc76)C53)[nH]4)C12. The lowest BCUT2D eigenvalue weighted by Crippen LogP contribution is -2.36. The van der Waals surface area contributed by atoms with E-state index in [1.807, 2.05) is 0 Å². The molecule has 6 aliphatic carbocycles. The first-order valence-corrected chi connectivity index (χ1v) is 24.9. The van der Waals surface area contributed by atoms with Crippen LogP contribution in [0.25, 0.3) is 22.6 Å². The van der Waals surface area contributed by atoms with Gasteiger partial charge in [-0.25, -0.2) is 29.9 Å². The molecule has 4 aromatic carbocycles. The predicted molar refractivity (Wildman–Crippen MR) is 271 cm³/mol. The molecule has 15 rings (SSSR count). The minimum atomic E-state index is -0.000590.